The summed E-state index contributed by atoms with van der Waals surface area (Å²) >= 11 is 5.97. The van der Waals surface area contributed by atoms with E-state index in [2.05, 4.69) is 26.6 Å². The van der Waals surface area contributed by atoms with Crippen molar-refractivity contribution in [2.75, 3.05) is 13.2 Å². The molecule has 0 saturated carbocycles. The molecule has 1 aromatic heterocycles. The monoisotopic (exact) mass is 292 g/mol. The van der Waals surface area contributed by atoms with Crippen LogP contribution in [0.5, 0.6) is 5.75 Å². The predicted molar refractivity (Wildman–Crippen MR) is 75.8 cm³/mol. The average Bonchev–Trinajstić information content (AvgIpc) is 2.84. The Morgan fingerprint density at radius 2 is 2.30 bits per heavy atom. The molecule has 0 fully saturated rings. The van der Waals surface area contributed by atoms with E-state index in [4.69, 9.17) is 16.3 Å². The molecule has 2 heterocycles. The molecule has 0 saturated heterocycles. The summed E-state index contributed by atoms with van der Waals surface area (Å²) in [6.07, 6.45) is 2.06. The van der Waals surface area contributed by atoms with Gasteiger partial charge in [-0.3, -0.25) is 4.98 Å². The molecule has 7 heteroatoms. The van der Waals surface area contributed by atoms with Crippen LogP contribution >= 0.6 is 11.6 Å². The fraction of sp³-hybridized carbons (Fsp3) is 0.231. The number of nitrogens with zero attached hydrogens (tertiary/aromatic N) is 1. The number of fused-ring (bicyclic) bond motifs is 1. The first-order valence-electron chi connectivity index (χ1n) is 6.17. The second kappa shape index (κ2) is 5.52. The summed E-state index contributed by atoms with van der Waals surface area (Å²) in [5, 5.41) is 10.0. The second-order valence-electron chi connectivity index (χ2n) is 4.50. The maximum atomic E-state index is 10.9. The van der Waals surface area contributed by atoms with Crippen LogP contribution in [0, 0.1) is 0 Å². The van der Waals surface area contributed by atoms with Crippen molar-refractivity contribution in [3.63, 3.8) is 0 Å². The highest BCUT2D eigenvalue weighted by atomic mass is 35.5. The molecule has 3 N–H and O–H groups in total. The minimum absolute atomic E-state index is 0.300. The van der Waals surface area contributed by atoms with Gasteiger partial charge in [-0.15, -0.1) is 0 Å². The maximum absolute atomic E-state index is 10.9. The largest absolute Gasteiger partial charge is 0.489 e. The van der Waals surface area contributed by atoms with Gasteiger partial charge in [-0.1, -0.05) is 11.6 Å². The molecule has 0 radical (unpaired) electrons. The molecule has 0 amide bonds. The highest BCUT2D eigenvalue weighted by Crippen LogP contribution is 2.28. The number of halogens is 1. The number of ether oxygens (including phenoxy) is 1. The van der Waals surface area contributed by atoms with Crippen molar-refractivity contribution in [1.82, 2.24) is 20.5 Å². The van der Waals surface area contributed by atoms with Crippen LogP contribution in [0.3, 0.4) is 0 Å². The van der Waals surface area contributed by atoms with E-state index in [9.17, 15) is 4.79 Å². The Morgan fingerprint density at radius 1 is 1.40 bits per heavy atom. The first-order chi connectivity index (χ1) is 9.70. The molecule has 104 valence electrons. The minimum Gasteiger partial charge on any atom is -0.489 e. The van der Waals surface area contributed by atoms with E-state index >= 15 is 0 Å². The maximum Gasteiger partial charge on any atom is 0.340 e. The van der Waals surface area contributed by atoms with E-state index in [1.54, 1.807) is 0 Å². The smallest absolute Gasteiger partial charge is 0.340 e. The lowest BCUT2D eigenvalue weighted by molar-refractivity contribution is 0.343. The Morgan fingerprint density at radius 3 is 3.10 bits per heavy atom. The van der Waals surface area contributed by atoms with Crippen LogP contribution in [0.2, 0.25) is 5.02 Å². The van der Waals surface area contributed by atoms with Gasteiger partial charge in [-0.25, -0.2) is 9.89 Å². The Kier molecular flexibility index (Phi) is 3.58. The SMILES string of the molecule is O=c1[nH]nc(CNCC2=Cc3cc(Cl)ccc3OC2)[nH]1. The second-order valence-corrected chi connectivity index (χ2v) is 4.94. The molecule has 0 spiro atoms. The summed E-state index contributed by atoms with van der Waals surface area (Å²) in [4.78, 5) is 13.5. The van der Waals surface area contributed by atoms with Gasteiger partial charge in [0.1, 0.15) is 18.2 Å². The van der Waals surface area contributed by atoms with Gasteiger partial charge in [-0.2, -0.15) is 5.10 Å². The third-order valence-corrected chi connectivity index (χ3v) is 3.17. The molecular weight excluding hydrogens is 280 g/mol. The van der Waals surface area contributed by atoms with Crippen LogP contribution in [-0.2, 0) is 6.54 Å². The van der Waals surface area contributed by atoms with E-state index in [0.29, 0.717) is 30.5 Å². The predicted octanol–water partition coefficient (Wildman–Crippen LogP) is 1.32. The van der Waals surface area contributed by atoms with Crippen molar-refractivity contribution in [2.45, 2.75) is 6.54 Å². The molecule has 1 aliphatic heterocycles. The number of hydrogen-bond acceptors (Lipinski definition) is 4. The molecule has 1 aliphatic rings. The Bertz CT molecular complexity index is 704. The normalized spacial score (nSPS) is 13.6. The number of aromatic amines is 2. The summed E-state index contributed by atoms with van der Waals surface area (Å²) < 4.78 is 5.65. The number of nitrogens with one attached hydrogen (secondary N) is 3. The van der Waals surface area contributed by atoms with Gasteiger partial charge in [0.05, 0.1) is 6.54 Å². The van der Waals surface area contributed by atoms with E-state index in [0.717, 1.165) is 16.9 Å². The van der Waals surface area contributed by atoms with Crippen molar-refractivity contribution in [3.8, 4) is 5.75 Å². The average molecular weight is 293 g/mol. The lowest BCUT2D eigenvalue weighted by atomic mass is 10.1. The molecule has 0 atom stereocenters. The van der Waals surface area contributed by atoms with Crippen LogP contribution in [0.1, 0.15) is 11.4 Å². The molecule has 3 rings (SSSR count). The number of H-pyrrole nitrogens is 2. The van der Waals surface area contributed by atoms with Gasteiger partial charge in [0, 0.05) is 17.1 Å². The van der Waals surface area contributed by atoms with Crippen LogP contribution in [0.25, 0.3) is 6.08 Å². The molecule has 2 aromatic rings. The van der Waals surface area contributed by atoms with Gasteiger partial charge in [0.15, 0.2) is 0 Å². The summed E-state index contributed by atoms with van der Waals surface area (Å²) in [5.41, 5.74) is 1.79. The van der Waals surface area contributed by atoms with E-state index in [-0.39, 0.29) is 5.69 Å². The van der Waals surface area contributed by atoms with Crippen molar-refractivity contribution in [2.24, 2.45) is 0 Å². The first kappa shape index (κ1) is 13.0. The topological polar surface area (TPSA) is 82.8 Å². The number of hydrogen-bond donors (Lipinski definition) is 3. The van der Waals surface area contributed by atoms with E-state index in [1.807, 2.05) is 18.2 Å². The zero-order chi connectivity index (χ0) is 13.9. The van der Waals surface area contributed by atoms with Gasteiger partial charge in [0.25, 0.3) is 0 Å². The number of benzene rings is 1. The molecule has 0 unspecified atom stereocenters. The number of rotatable bonds is 4. The molecule has 20 heavy (non-hydrogen) atoms. The molecule has 0 aliphatic carbocycles. The molecule has 1 aromatic carbocycles. The zero-order valence-electron chi connectivity index (χ0n) is 10.6. The van der Waals surface area contributed by atoms with Gasteiger partial charge in [0.2, 0.25) is 0 Å². The van der Waals surface area contributed by atoms with Gasteiger partial charge < -0.3 is 10.1 Å². The molecule has 6 nitrogen and oxygen atoms in total. The summed E-state index contributed by atoms with van der Waals surface area (Å²) in [6, 6.07) is 5.56. The Hall–Kier alpha value is -2.05. The van der Waals surface area contributed by atoms with E-state index in [1.165, 1.54) is 0 Å². The Labute approximate surface area is 119 Å². The van der Waals surface area contributed by atoms with E-state index < -0.39 is 0 Å². The number of aromatic nitrogens is 3. The van der Waals surface area contributed by atoms with Crippen LogP contribution < -0.4 is 15.7 Å². The van der Waals surface area contributed by atoms with Gasteiger partial charge >= 0.3 is 5.69 Å². The van der Waals surface area contributed by atoms with Crippen molar-refractivity contribution in [1.29, 1.82) is 0 Å². The third-order valence-electron chi connectivity index (χ3n) is 2.94. The quantitative estimate of drug-likeness (QED) is 0.793. The zero-order valence-corrected chi connectivity index (χ0v) is 11.3. The molecule has 0 bridgehead atoms. The van der Waals surface area contributed by atoms with Crippen LogP contribution in [-0.4, -0.2) is 28.3 Å². The fourth-order valence-corrected chi connectivity index (χ4v) is 2.21. The van der Waals surface area contributed by atoms with Gasteiger partial charge in [-0.05, 0) is 29.8 Å². The standard InChI is InChI=1S/C13H13ClN4O2/c14-10-1-2-11-9(4-10)3-8(7-20-11)5-15-6-12-16-13(19)18-17-12/h1-4,15H,5-7H2,(H2,16,17,18,19). The van der Waals surface area contributed by atoms with Crippen molar-refractivity contribution >= 4 is 17.7 Å². The highest BCUT2D eigenvalue weighted by Gasteiger charge is 2.11. The summed E-state index contributed by atoms with van der Waals surface area (Å²) in [7, 11) is 0. The minimum atomic E-state index is -0.300. The van der Waals surface area contributed by atoms with Crippen LogP contribution in [0.4, 0.5) is 0 Å². The summed E-state index contributed by atoms with van der Waals surface area (Å²) in [5.74, 6) is 1.42. The lowest BCUT2D eigenvalue weighted by Gasteiger charge is -2.18. The Balaban J connectivity index is 1.62. The van der Waals surface area contributed by atoms with Crippen molar-refractivity contribution in [3.05, 3.63) is 50.7 Å². The third kappa shape index (κ3) is 2.92. The lowest BCUT2D eigenvalue weighted by Crippen LogP contribution is -2.22. The summed E-state index contributed by atoms with van der Waals surface area (Å²) in [6.45, 7) is 1.68. The fourth-order valence-electron chi connectivity index (χ4n) is 2.03. The first-order valence-corrected chi connectivity index (χ1v) is 6.54. The highest BCUT2D eigenvalue weighted by molar-refractivity contribution is 6.30. The van der Waals surface area contributed by atoms with Crippen molar-refractivity contribution < 1.29 is 4.74 Å². The molecular formula is C13H13ClN4O2. The van der Waals surface area contributed by atoms with Crippen LogP contribution in [0.15, 0.2) is 28.6 Å².